The zero-order chi connectivity index (χ0) is 22.7. The summed E-state index contributed by atoms with van der Waals surface area (Å²) in [6.45, 7) is 6.57. The molecule has 0 saturated carbocycles. The molecule has 0 radical (unpaired) electrons. The molecule has 1 saturated heterocycles. The highest BCUT2D eigenvalue weighted by atomic mass is 32.1. The molecule has 3 aromatic rings. The second-order valence-electron chi connectivity index (χ2n) is 7.78. The molecule has 0 spiro atoms. The summed E-state index contributed by atoms with van der Waals surface area (Å²) < 4.78 is 3.08. The van der Waals surface area contributed by atoms with Crippen LogP contribution in [0.5, 0.6) is 0 Å². The summed E-state index contributed by atoms with van der Waals surface area (Å²) >= 11 is 1.49. The predicted molar refractivity (Wildman–Crippen MR) is 127 cm³/mol. The summed E-state index contributed by atoms with van der Waals surface area (Å²) in [5.41, 5.74) is 3.20. The lowest BCUT2D eigenvalue weighted by Gasteiger charge is -2.13. The first-order valence-corrected chi connectivity index (χ1v) is 11.6. The number of nitrogens with zero attached hydrogens (tertiary/aromatic N) is 3. The van der Waals surface area contributed by atoms with Crippen molar-refractivity contribution in [2.75, 3.05) is 4.90 Å². The van der Waals surface area contributed by atoms with Crippen molar-refractivity contribution >= 4 is 45.0 Å². The molecule has 0 bridgehead atoms. The standard InChI is InChI=1S/C25H25N3O3S/c1-3-5-6-17-7-12-20-21(16-17)32-25(27(20)15-4-2)26-24(31)18-8-10-19(11-9-18)28-22(29)13-14-23(28)30/h4,7-12,16H,2-3,5-6,13-15H2,1H3. The molecule has 0 aliphatic carbocycles. The molecule has 3 amide bonds. The lowest BCUT2D eigenvalue weighted by molar-refractivity contribution is -0.121. The fourth-order valence-corrected chi connectivity index (χ4v) is 4.92. The largest absolute Gasteiger partial charge is 0.312 e. The Bertz CT molecular complexity index is 1250. The van der Waals surface area contributed by atoms with E-state index >= 15 is 0 Å². The second-order valence-corrected chi connectivity index (χ2v) is 8.79. The van der Waals surface area contributed by atoms with Crippen molar-refractivity contribution in [2.24, 2.45) is 4.99 Å². The molecule has 1 fully saturated rings. The van der Waals surface area contributed by atoms with Gasteiger partial charge in [0.25, 0.3) is 5.91 Å². The molecule has 0 unspecified atom stereocenters. The molecule has 32 heavy (non-hydrogen) atoms. The van der Waals surface area contributed by atoms with E-state index in [1.54, 1.807) is 30.3 Å². The van der Waals surface area contributed by atoms with E-state index in [1.165, 1.54) is 21.8 Å². The first-order valence-electron chi connectivity index (χ1n) is 10.8. The first-order chi connectivity index (χ1) is 15.5. The van der Waals surface area contributed by atoms with Crippen LogP contribution < -0.4 is 9.70 Å². The number of unbranched alkanes of at least 4 members (excludes halogenated alkanes) is 1. The van der Waals surface area contributed by atoms with Gasteiger partial charge in [-0.05, 0) is 54.8 Å². The van der Waals surface area contributed by atoms with Gasteiger partial charge in [-0.3, -0.25) is 19.3 Å². The Labute approximate surface area is 190 Å². The Kier molecular flexibility index (Phi) is 6.46. The number of carbonyl (C=O) groups excluding carboxylic acids is 3. The molecule has 1 aliphatic rings. The fraction of sp³-hybridized carbons (Fsp3) is 0.280. The fourth-order valence-electron chi connectivity index (χ4n) is 3.81. The third kappa shape index (κ3) is 4.34. The number of benzene rings is 2. The van der Waals surface area contributed by atoms with Gasteiger partial charge in [0, 0.05) is 24.9 Å². The van der Waals surface area contributed by atoms with E-state index in [-0.39, 0.29) is 30.6 Å². The minimum atomic E-state index is -0.369. The monoisotopic (exact) mass is 447 g/mol. The Morgan fingerprint density at radius 1 is 1.12 bits per heavy atom. The molecule has 0 N–H and O–H groups in total. The highest BCUT2D eigenvalue weighted by Gasteiger charge is 2.30. The number of amides is 3. The number of thiazole rings is 1. The van der Waals surface area contributed by atoms with Gasteiger partial charge in [-0.1, -0.05) is 36.8 Å². The van der Waals surface area contributed by atoms with Crippen molar-refractivity contribution in [1.82, 2.24) is 4.57 Å². The first kappa shape index (κ1) is 21.9. The average molecular weight is 448 g/mol. The van der Waals surface area contributed by atoms with Crippen LogP contribution in [0.4, 0.5) is 5.69 Å². The molecule has 2 heterocycles. The minimum Gasteiger partial charge on any atom is -0.312 e. The predicted octanol–water partition coefficient (Wildman–Crippen LogP) is 4.63. The zero-order valence-corrected chi connectivity index (χ0v) is 18.9. The maximum Gasteiger partial charge on any atom is 0.279 e. The second kappa shape index (κ2) is 9.44. The van der Waals surface area contributed by atoms with Crippen LogP contribution in [-0.2, 0) is 22.6 Å². The van der Waals surface area contributed by atoms with Crippen LogP contribution in [0.3, 0.4) is 0 Å². The van der Waals surface area contributed by atoms with Gasteiger partial charge in [0.05, 0.1) is 15.9 Å². The molecule has 164 valence electrons. The van der Waals surface area contributed by atoms with Crippen LogP contribution in [0.15, 0.2) is 60.1 Å². The Hall–Kier alpha value is -3.32. The number of anilines is 1. The molecule has 2 aromatic carbocycles. The highest BCUT2D eigenvalue weighted by molar-refractivity contribution is 7.16. The number of imide groups is 1. The summed E-state index contributed by atoms with van der Waals surface area (Å²) in [6, 6.07) is 12.8. The molecular formula is C25H25N3O3S. The molecule has 1 aliphatic heterocycles. The number of aryl methyl sites for hydroxylation is 1. The highest BCUT2D eigenvalue weighted by Crippen LogP contribution is 2.23. The topological polar surface area (TPSA) is 71.7 Å². The van der Waals surface area contributed by atoms with Crippen LogP contribution >= 0.6 is 11.3 Å². The molecule has 0 atom stereocenters. The lowest BCUT2D eigenvalue weighted by Crippen LogP contribution is -2.28. The quantitative estimate of drug-likeness (QED) is 0.392. The maximum atomic E-state index is 12.9. The van der Waals surface area contributed by atoms with Crippen LogP contribution in [0.1, 0.15) is 48.5 Å². The van der Waals surface area contributed by atoms with Crippen LogP contribution in [-0.4, -0.2) is 22.3 Å². The summed E-state index contributed by atoms with van der Waals surface area (Å²) in [4.78, 5) is 42.9. The smallest absolute Gasteiger partial charge is 0.279 e. The number of hydrogen-bond acceptors (Lipinski definition) is 4. The van der Waals surface area contributed by atoms with Crippen molar-refractivity contribution in [3.05, 3.63) is 71.0 Å². The number of aromatic nitrogens is 1. The number of hydrogen-bond donors (Lipinski definition) is 0. The molecular weight excluding hydrogens is 422 g/mol. The van der Waals surface area contributed by atoms with Gasteiger partial charge in [-0.25, -0.2) is 0 Å². The van der Waals surface area contributed by atoms with E-state index in [9.17, 15) is 14.4 Å². The Morgan fingerprint density at radius 2 is 1.84 bits per heavy atom. The minimum absolute atomic E-state index is 0.215. The van der Waals surface area contributed by atoms with Gasteiger partial charge in [0.1, 0.15) is 0 Å². The van der Waals surface area contributed by atoms with Crippen molar-refractivity contribution < 1.29 is 14.4 Å². The number of fused-ring (bicyclic) bond motifs is 1. The van der Waals surface area contributed by atoms with E-state index in [0.717, 1.165) is 29.5 Å². The zero-order valence-electron chi connectivity index (χ0n) is 18.0. The SMILES string of the molecule is C=CCn1c(=NC(=O)c2ccc(N3C(=O)CCC3=O)cc2)sc2cc(CCCC)ccc21. The van der Waals surface area contributed by atoms with Gasteiger partial charge >= 0.3 is 0 Å². The Morgan fingerprint density at radius 3 is 2.50 bits per heavy atom. The van der Waals surface area contributed by atoms with Crippen LogP contribution in [0.25, 0.3) is 10.2 Å². The average Bonchev–Trinajstić information content (AvgIpc) is 3.31. The van der Waals surface area contributed by atoms with E-state index in [4.69, 9.17) is 0 Å². The molecule has 6 nitrogen and oxygen atoms in total. The van der Waals surface area contributed by atoms with Crippen molar-refractivity contribution in [2.45, 2.75) is 45.6 Å². The number of allylic oxidation sites excluding steroid dienone is 1. The third-order valence-corrected chi connectivity index (χ3v) is 6.54. The molecule has 7 heteroatoms. The molecule has 4 rings (SSSR count). The summed E-state index contributed by atoms with van der Waals surface area (Å²) in [7, 11) is 0. The van der Waals surface area contributed by atoms with Crippen molar-refractivity contribution in [3.63, 3.8) is 0 Å². The van der Waals surface area contributed by atoms with Gasteiger partial charge in [0.15, 0.2) is 4.80 Å². The van der Waals surface area contributed by atoms with E-state index in [2.05, 4.69) is 36.7 Å². The Balaban J connectivity index is 1.66. The van der Waals surface area contributed by atoms with Crippen molar-refractivity contribution in [1.29, 1.82) is 0 Å². The molecule has 1 aromatic heterocycles. The lowest BCUT2D eigenvalue weighted by atomic mass is 10.1. The number of carbonyl (C=O) groups is 3. The van der Waals surface area contributed by atoms with Crippen LogP contribution in [0.2, 0.25) is 0 Å². The van der Waals surface area contributed by atoms with E-state index < -0.39 is 0 Å². The maximum absolute atomic E-state index is 12.9. The van der Waals surface area contributed by atoms with E-state index in [1.807, 2.05) is 4.57 Å². The number of rotatable bonds is 7. The van der Waals surface area contributed by atoms with Crippen LogP contribution in [0, 0.1) is 0 Å². The van der Waals surface area contributed by atoms with Crippen molar-refractivity contribution in [3.8, 4) is 0 Å². The van der Waals surface area contributed by atoms with Gasteiger partial charge < -0.3 is 4.57 Å². The van der Waals surface area contributed by atoms with E-state index in [0.29, 0.717) is 22.6 Å². The normalized spacial score (nSPS) is 14.5. The van der Waals surface area contributed by atoms with Gasteiger partial charge in [0.2, 0.25) is 11.8 Å². The van der Waals surface area contributed by atoms with Gasteiger partial charge in [-0.2, -0.15) is 4.99 Å². The third-order valence-electron chi connectivity index (χ3n) is 5.50. The van der Waals surface area contributed by atoms with Gasteiger partial charge in [-0.15, -0.1) is 6.58 Å². The summed E-state index contributed by atoms with van der Waals surface area (Å²) in [5.74, 6) is -0.799. The summed E-state index contributed by atoms with van der Waals surface area (Å²) in [5, 5.41) is 0. The summed E-state index contributed by atoms with van der Waals surface area (Å²) in [6.07, 6.45) is 5.57.